The van der Waals surface area contributed by atoms with E-state index in [2.05, 4.69) is 12.3 Å². The summed E-state index contributed by atoms with van der Waals surface area (Å²) in [6.45, 7) is 7.52. The largest absolute Gasteiger partial charge is 0.348 e. The Labute approximate surface area is 117 Å². The Kier molecular flexibility index (Phi) is 10.8. The molecule has 1 heterocycles. The predicted octanol–water partition coefficient (Wildman–Crippen LogP) is 2.50. The molecule has 0 atom stereocenters. The summed E-state index contributed by atoms with van der Waals surface area (Å²) >= 11 is 0. The van der Waals surface area contributed by atoms with E-state index < -0.39 is 0 Å². The molecule has 5 nitrogen and oxygen atoms in total. The predicted molar refractivity (Wildman–Crippen MR) is 76.3 cm³/mol. The molecule has 3 N–H and O–H groups in total. The van der Waals surface area contributed by atoms with Gasteiger partial charge in [0.25, 0.3) is 0 Å². The fourth-order valence-corrected chi connectivity index (χ4v) is 2.13. The zero-order valence-electron chi connectivity index (χ0n) is 12.7. The summed E-state index contributed by atoms with van der Waals surface area (Å²) in [4.78, 5) is 10.9. The van der Waals surface area contributed by atoms with Crippen LogP contribution in [0.25, 0.3) is 0 Å². The van der Waals surface area contributed by atoms with E-state index in [4.69, 9.17) is 15.3 Å². The van der Waals surface area contributed by atoms with Crippen LogP contribution in [0.5, 0.6) is 0 Å². The Hall–Kier alpha value is -0.650. The van der Waals surface area contributed by atoms with Crippen molar-refractivity contribution >= 4 is 5.91 Å². The Bertz CT molecular complexity index is 229. The number of amides is 1. The molecular weight excluding hydrogens is 244 g/mol. The first kappa shape index (κ1) is 18.4. The van der Waals surface area contributed by atoms with Crippen molar-refractivity contribution in [1.82, 2.24) is 5.43 Å². The molecule has 114 valence electrons. The summed E-state index contributed by atoms with van der Waals surface area (Å²) in [5.41, 5.74) is 2.14. The molecule has 0 bridgehead atoms. The molecule has 1 rings (SSSR count). The molecule has 0 aromatic carbocycles. The number of nitrogens with two attached hydrogens (primary N) is 1. The molecule has 1 aliphatic rings. The van der Waals surface area contributed by atoms with Gasteiger partial charge in [0.15, 0.2) is 5.79 Å². The number of unbranched alkanes of at least 4 members (excludes halogenated alkanes) is 3. The van der Waals surface area contributed by atoms with Gasteiger partial charge in [0.2, 0.25) is 5.91 Å². The van der Waals surface area contributed by atoms with Crippen LogP contribution in [-0.2, 0) is 14.3 Å². The molecule has 0 radical (unpaired) electrons. The minimum atomic E-state index is -0.325. The van der Waals surface area contributed by atoms with Crippen LogP contribution in [0.3, 0.4) is 0 Å². The van der Waals surface area contributed by atoms with Gasteiger partial charge in [0.1, 0.15) is 0 Å². The van der Waals surface area contributed by atoms with Crippen LogP contribution in [0, 0.1) is 0 Å². The van der Waals surface area contributed by atoms with Crippen LogP contribution in [0.2, 0.25) is 0 Å². The molecule has 0 saturated carbocycles. The summed E-state index contributed by atoms with van der Waals surface area (Å²) in [5.74, 6) is 4.59. The SMILES string of the molecule is CC.CCC1(CCCCCCC(=O)NN)OCCO1. The molecule has 1 fully saturated rings. The third-order valence-electron chi connectivity index (χ3n) is 3.22. The second-order valence-electron chi connectivity index (χ2n) is 4.44. The van der Waals surface area contributed by atoms with Crippen LogP contribution in [-0.4, -0.2) is 24.9 Å². The highest BCUT2D eigenvalue weighted by Crippen LogP contribution is 2.29. The first-order valence-corrected chi connectivity index (χ1v) is 7.50. The van der Waals surface area contributed by atoms with Crippen molar-refractivity contribution in [2.75, 3.05) is 13.2 Å². The smallest absolute Gasteiger partial charge is 0.233 e. The van der Waals surface area contributed by atoms with Crippen LogP contribution in [0.1, 0.15) is 65.7 Å². The summed E-state index contributed by atoms with van der Waals surface area (Å²) in [7, 11) is 0. The number of nitrogens with one attached hydrogen (secondary N) is 1. The second-order valence-corrected chi connectivity index (χ2v) is 4.44. The maximum Gasteiger partial charge on any atom is 0.233 e. The Morgan fingerprint density at radius 1 is 1.16 bits per heavy atom. The fourth-order valence-electron chi connectivity index (χ4n) is 2.13. The summed E-state index contributed by atoms with van der Waals surface area (Å²) < 4.78 is 11.3. The maximum absolute atomic E-state index is 10.9. The van der Waals surface area contributed by atoms with Gasteiger partial charge in [-0.2, -0.15) is 0 Å². The lowest BCUT2D eigenvalue weighted by molar-refractivity contribution is -0.164. The molecular formula is C14H30N2O3. The topological polar surface area (TPSA) is 73.6 Å². The van der Waals surface area contributed by atoms with Gasteiger partial charge in [-0.15, -0.1) is 0 Å². The van der Waals surface area contributed by atoms with E-state index >= 15 is 0 Å². The zero-order chi connectivity index (χ0) is 14.6. The van der Waals surface area contributed by atoms with E-state index in [1.165, 1.54) is 0 Å². The molecule has 0 aliphatic carbocycles. The lowest BCUT2D eigenvalue weighted by atomic mass is 10.0. The van der Waals surface area contributed by atoms with Crippen molar-refractivity contribution in [3.05, 3.63) is 0 Å². The zero-order valence-corrected chi connectivity index (χ0v) is 12.7. The van der Waals surface area contributed by atoms with Gasteiger partial charge in [-0.1, -0.05) is 33.6 Å². The normalized spacial score (nSPS) is 16.6. The van der Waals surface area contributed by atoms with E-state index in [9.17, 15) is 4.79 Å². The molecule has 0 unspecified atom stereocenters. The molecule has 0 aromatic heterocycles. The van der Waals surface area contributed by atoms with Crippen molar-refractivity contribution in [3.8, 4) is 0 Å². The van der Waals surface area contributed by atoms with Gasteiger partial charge in [-0.25, -0.2) is 5.84 Å². The van der Waals surface area contributed by atoms with E-state index in [0.717, 1.165) is 38.5 Å². The second kappa shape index (κ2) is 11.2. The van der Waals surface area contributed by atoms with E-state index in [1.807, 2.05) is 13.8 Å². The minimum Gasteiger partial charge on any atom is -0.348 e. The Morgan fingerprint density at radius 2 is 1.74 bits per heavy atom. The van der Waals surface area contributed by atoms with Gasteiger partial charge >= 0.3 is 0 Å². The fraction of sp³-hybridized carbons (Fsp3) is 0.929. The summed E-state index contributed by atoms with van der Waals surface area (Å²) in [6, 6.07) is 0. The van der Waals surface area contributed by atoms with Crippen LogP contribution >= 0.6 is 0 Å². The molecule has 1 aliphatic heterocycles. The summed E-state index contributed by atoms with van der Waals surface area (Å²) in [6.07, 6.45) is 6.50. The molecule has 19 heavy (non-hydrogen) atoms. The minimum absolute atomic E-state index is 0.0857. The Morgan fingerprint density at radius 3 is 2.26 bits per heavy atom. The highest BCUT2D eigenvalue weighted by atomic mass is 16.7. The van der Waals surface area contributed by atoms with Gasteiger partial charge in [0, 0.05) is 12.8 Å². The van der Waals surface area contributed by atoms with Crippen LogP contribution in [0.15, 0.2) is 0 Å². The third-order valence-corrected chi connectivity index (χ3v) is 3.22. The average Bonchev–Trinajstić information content (AvgIpc) is 2.94. The van der Waals surface area contributed by atoms with Crippen molar-refractivity contribution in [3.63, 3.8) is 0 Å². The number of hydrogen-bond acceptors (Lipinski definition) is 4. The van der Waals surface area contributed by atoms with E-state index in [1.54, 1.807) is 0 Å². The summed E-state index contributed by atoms with van der Waals surface area (Å²) in [5, 5.41) is 0. The number of hydrogen-bond donors (Lipinski definition) is 2. The Balaban J connectivity index is 0.00000154. The quantitative estimate of drug-likeness (QED) is 0.309. The lowest BCUT2D eigenvalue weighted by Gasteiger charge is -2.25. The van der Waals surface area contributed by atoms with Crippen molar-refractivity contribution < 1.29 is 14.3 Å². The van der Waals surface area contributed by atoms with Crippen molar-refractivity contribution in [2.24, 2.45) is 5.84 Å². The number of ether oxygens (including phenoxy) is 2. The molecule has 1 saturated heterocycles. The lowest BCUT2D eigenvalue weighted by Crippen LogP contribution is -2.29. The number of carbonyl (C=O) groups excluding carboxylic acids is 1. The standard InChI is InChI=1S/C12H24N2O3.C2H6/c1-2-12(16-9-10-17-12)8-6-4-3-5-7-11(15)14-13;1-2/h2-10,13H2,1H3,(H,14,15);1-2H3. The monoisotopic (exact) mass is 274 g/mol. The van der Waals surface area contributed by atoms with E-state index in [0.29, 0.717) is 19.6 Å². The van der Waals surface area contributed by atoms with Gasteiger partial charge in [0.05, 0.1) is 13.2 Å². The number of rotatable bonds is 8. The molecule has 5 heteroatoms. The van der Waals surface area contributed by atoms with Gasteiger partial charge < -0.3 is 9.47 Å². The maximum atomic E-state index is 10.9. The van der Waals surface area contributed by atoms with Crippen molar-refractivity contribution in [2.45, 2.75) is 71.5 Å². The molecule has 0 aromatic rings. The van der Waals surface area contributed by atoms with Crippen LogP contribution in [0.4, 0.5) is 0 Å². The highest BCUT2D eigenvalue weighted by Gasteiger charge is 2.33. The average molecular weight is 274 g/mol. The van der Waals surface area contributed by atoms with Gasteiger partial charge in [-0.05, 0) is 19.3 Å². The highest BCUT2D eigenvalue weighted by molar-refractivity contribution is 5.74. The first-order chi connectivity index (χ1) is 9.22. The molecule has 1 amide bonds. The van der Waals surface area contributed by atoms with Crippen molar-refractivity contribution in [1.29, 1.82) is 0 Å². The number of carbonyl (C=O) groups is 1. The third kappa shape index (κ3) is 7.50. The number of hydrazine groups is 1. The molecule has 0 spiro atoms. The van der Waals surface area contributed by atoms with Crippen LogP contribution < -0.4 is 11.3 Å². The van der Waals surface area contributed by atoms with Gasteiger partial charge in [-0.3, -0.25) is 10.2 Å². The first-order valence-electron chi connectivity index (χ1n) is 7.50. The van der Waals surface area contributed by atoms with E-state index in [-0.39, 0.29) is 11.7 Å².